The lowest BCUT2D eigenvalue weighted by molar-refractivity contribution is 0.306. The number of rotatable bonds is 3. The molecular formula is C17H14N2O. The van der Waals surface area contributed by atoms with Crippen molar-refractivity contribution < 1.29 is 4.74 Å². The lowest BCUT2D eigenvalue weighted by Crippen LogP contribution is -1.96. The fraction of sp³-hybridized carbons (Fsp3) is 0.118. The number of hydrogen-bond donors (Lipinski definition) is 1. The minimum Gasteiger partial charge on any atom is -0.489 e. The van der Waals surface area contributed by atoms with Crippen LogP contribution in [0.15, 0.2) is 48.5 Å². The zero-order valence-corrected chi connectivity index (χ0v) is 11.0. The number of benzene rings is 2. The third kappa shape index (κ3) is 3.88. The monoisotopic (exact) mass is 262 g/mol. The Labute approximate surface area is 118 Å². The molecular weight excluding hydrogens is 248 g/mol. The maximum Gasteiger partial charge on any atom is 0.121 e. The van der Waals surface area contributed by atoms with Crippen LogP contribution in [-0.4, -0.2) is 6.54 Å². The van der Waals surface area contributed by atoms with E-state index in [1.165, 1.54) is 0 Å². The van der Waals surface area contributed by atoms with Crippen LogP contribution in [0.3, 0.4) is 0 Å². The molecule has 0 saturated heterocycles. The first-order valence-corrected chi connectivity index (χ1v) is 6.22. The Morgan fingerprint density at radius 2 is 1.85 bits per heavy atom. The molecule has 0 aromatic heterocycles. The number of nitrogens with two attached hydrogens (primary N) is 1. The lowest BCUT2D eigenvalue weighted by atomic mass is 10.1. The molecule has 0 heterocycles. The Hall–Kier alpha value is -2.75. The average molecular weight is 262 g/mol. The molecule has 2 aromatic carbocycles. The van der Waals surface area contributed by atoms with Crippen LogP contribution in [0.2, 0.25) is 0 Å². The van der Waals surface area contributed by atoms with Crippen molar-refractivity contribution in [3.05, 3.63) is 65.2 Å². The Morgan fingerprint density at radius 3 is 2.55 bits per heavy atom. The van der Waals surface area contributed by atoms with Gasteiger partial charge in [0, 0.05) is 5.56 Å². The van der Waals surface area contributed by atoms with Gasteiger partial charge in [0.15, 0.2) is 0 Å². The normalized spacial score (nSPS) is 9.20. The van der Waals surface area contributed by atoms with Crippen molar-refractivity contribution in [3.63, 3.8) is 0 Å². The maximum absolute atomic E-state index is 8.82. The molecule has 0 fully saturated rings. The van der Waals surface area contributed by atoms with E-state index < -0.39 is 0 Å². The van der Waals surface area contributed by atoms with E-state index in [0.29, 0.717) is 24.5 Å². The van der Waals surface area contributed by atoms with Crippen molar-refractivity contribution in [3.8, 4) is 23.7 Å². The Morgan fingerprint density at radius 1 is 1.05 bits per heavy atom. The fourth-order valence-corrected chi connectivity index (χ4v) is 1.66. The molecule has 0 radical (unpaired) electrons. The van der Waals surface area contributed by atoms with Crippen molar-refractivity contribution >= 4 is 0 Å². The first-order chi connectivity index (χ1) is 9.81. The minimum atomic E-state index is 0.361. The van der Waals surface area contributed by atoms with Gasteiger partial charge in [0.05, 0.1) is 18.2 Å². The molecule has 0 bridgehead atoms. The van der Waals surface area contributed by atoms with Crippen molar-refractivity contribution in [2.45, 2.75) is 6.61 Å². The molecule has 3 heteroatoms. The van der Waals surface area contributed by atoms with E-state index in [4.69, 9.17) is 15.7 Å². The highest BCUT2D eigenvalue weighted by atomic mass is 16.5. The van der Waals surface area contributed by atoms with Crippen LogP contribution in [0.4, 0.5) is 0 Å². The second-order valence-corrected chi connectivity index (χ2v) is 4.13. The molecule has 20 heavy (non-hydrogen) atoms. The predicted molar refractivity (Wildman–Crippen MR) is 77.9 cm³/mol. The molecule has 2 N–H and O–H groups in total. The van der Waals surface area contributed by atoms with E-state index in [0.717, 1.165) is 11.1 Å². The number of hydrogen-bond acceptors (Lipinski definition) is 3. The summed E-state index contributed by atoms with van der Waals surface area (Å²) >= 11 is 0. The van der Waals surface area contributed by atoms with Crippen LogP contribution >= 0.6 is 0 Å². The van der Waals surface area contributed by atoms with Crippen LogP contribution < -0.4 is 10.5 Å². The number of ether oxygens (including phenoxy) is 1. The summed E-state index contributed by atoms with van der Waals surface area (Å²) < 4.78 is 5.65. The first kappa shape index (κ1) is 13.7. The lowest BCUT2D eigenvalue weighted by Gasteiger charge is -2.06. The SMILES string of the molecule is N#Cc1cccc(OCc2ccc(C#CCN)cc2)c1. The van der Waals surface area contributed by atoms with Crippen LogP contribution in [0, 0.1) is 23.2 Å². The molecule has 0 unspecified atom stereocenters. The van der Waals surface area contributed by atoms with Gasteiger partial charge in [-0.05, 0) is 35.9 Å². The van der Waals surface area contributed by atoms with E-state index in [2.05, 4.69) is 17.9 Å². The second kappa shape index (κ2) is 6.99. The summed E-state index contributed by atoms with van der Waals surface area (Å²) in [7, 11) is 0. The van der Waals surface area contributed by atoms with Crippen LogP contribution in [0.25, 0.3) is 0 Å². The van der Waals surface area contributed by atoms with Gasteiger partial charge in [-0.1, -0.05) is 30.0 Å². The molecule has 0 aliphatic carbocycles. The van der Waals surface area contributed by atoms with Crippen molar-refractivity contribution in [1.29, 1.82) is 5.26 Å². The summed E-state index contributed by atoms with van der Waals surface area (Å²) in [6.07, 6.45) is 0. The van der Waals surface area contributed by atoms with Gasteiger partial charge < -0.3 is 10.5 Å². The molecule has 2 aromatic rings. The summed E-state index contributed by atoms with van der Waals surface area (Å²) in [6, 6.07) is 17.0. The molecule has 0 aliphatic heterocycles. The molecule has 0 spiro atoms. The zero-order chi connectivity index (χ0) is 14.2. The molecule has 0 aliphatic rings. The quantitative estimate of drug-likeness (QED) is 0.864. The smallest absolute Gasteiger partial charge is 0.121 e. The summed E-state index contributed by atoms with van der Waals surface area (Å²) in [5.41, 5.74) is 7.90. The summed E-state index contributed by atoms with van der Waals surface area (Å²) in [5, 5.41) is 8.82. The largest absolute Gasteiger partial charge is 0.489 e. The average Bonchev–Trinajstić information content (AvgIpc) is 2.52. The highest BCUT2D eigenvalue weighted by molar-refractivity contribution is 5.37. The van der Waals surface area contributed by atoms with Crippen molar-refractivity contribution in [2.75, 3.05) is 6.54 Å². The topological polar surface area (TPSA) is 59.0 Å². The fourth-order valence-electron chi connectivity index (χ4n) is 1.66. The Kier molecular flexibility index (Phi) is 4.78. The molecule has 0 amide bonds. The Bertz CT molecular complexity index is 673. The standard InChI is InChI=1S/C17H14N2O/c18-10-2-4-14-6-8-15(9-7-14)13-20-17-5-1-3-16(11-17)12-19/h1,3,5-9,11H,10,13,18H2. The van der Waals surface area contributed by atoms with E-state index in [9.17, 15) is 0 Å². The van der Waals surface area contributed by atoms with E-state index in [1.807, 2.05) is 30.3 Å². The third-order valence-electron chi connectivity index (χ3n) is 2.66. The molecule has 0 saturated carbocycles. The minimum absolute atomic E-state index is 0.361. The van der Waals surface area contributed by atoms with Gasteiger partial charge in [-0.3, -0.25) is 0 Å². The number of nitriles is 1. The number of nitrogens with zero attached hydrogens (tertiary/aromatic N) is 1. The second-order valence-electron chi connectivity index (χ2n) is 4.13. The third-order valence-corrected chi connectivity index (χ3v) is 2.66. The van der Waals surface area contributed by atoms with Gasteiger partial charge in [0.25, 0.3) is 0 Å². The van der Waals surface area contributed by atoms with E-state index in [1.54, 1.807) is 18.2 Å². The highest BCUT2D eigenvalue weighted by Crippen LogP contribution is 2.14. The van der Waals surface area contributed by atoms with Gasteiger partial charge in [0.2, 0.25) is 0 Å². The Balaban J connectivity index is 1.98. The van der Waals surface area contributed by atoms with E-state index in [-0.39, 0.29) is 0 Å². The zero-order valence-electron chi connectivity index (χ0n) is 11.0. The summed E-state index contributed by atoms with van der Waals surface area (Å²) in [4.78, 5) is 0. The van der Waals surface area contributed by atoms with Crippen molar-refractivity contribution in [2.24, 2.45) is 5.73 Å². The maximum atomic E-state index is 8.82. The summed E-state index contributed by atoms with van der Waals surface area (Å²) in [5.74, 6) is 6.47. The van der Waals surface area contributed by atoms with Crippen molar-refractivity contribution in [1.82, 2.24) is 0 Å². The predicted octanol–water partition coefficient (Wildman–Crippen LogP) is 2.45. The van der Waals surface area contributed by atoms with Crippen LogP contribution in [0.5, 0.6) is 5.75 Å². The molecule has 0 atom stereocenters. The first-order valence-electron chi connectivity index (χ1n) is 6.22. The van der Waals surface area contributed by atoms with Gasteiger partial charge in [-0.25, -0.2) is 0 Å². The van der Waals surface area contributed by atoms with Gasteiger partial charge in [-0.15, -0.1) is 0 Å². The van der Waals surface area contributed by atoms with Crippen LogP contribution in [0.1, 0.15) is 16.7 Å². The van der Waals surface area contributed by atoms with Gasteiger partial charge >= 0.3 is 0 Å². The molecule has 2 rings (SSSR count). The van der Waals surface area contributed by atoms with E-state index >= 15 is 0 Å². The van der Waals surface area contributed by atoms with Gasteiger partial charge in [0.1, 0.15) is 12.4 Å². The molecule has 3 nitrogen and oxygen atoms in total. The highest BCUT2D eigenvalue weighted by Gasteiger charge is 1.98. The van der Waals surface area contributed by atoms with Gasteiger partial charge in [-0.2, -0.15) is 5.26 Å². The summed E-state index contributed by atoms with van der Waals surface area (Å²) in [6.45, 7) is 0.819. The molecule has 98 valence electrons. The van der Waals surface area contributed by atoms with Crippen LogP contribution in [-0.2, 0) is 6.61 Å².